The van der Waals surface area contributed by atoms with Gasteiger partial charge in [0.2, 0.25) is 0 Å². The Hall–Kier alpha value is -3.77. The van der Waals surface area contributed by atoms with E-state index in [0.29, 0.717) is 35.3 Å². The Bertz CT molecular complexity index is 1330. The van der Waals surface area contributed by atoms with Gasteiger partial charge >= 0.3 is 0 Å². The molecule has 0 aliphatic carbocycles. The Labute approximate surface area is 215 Å². The highest BCUT2D eigenvalue weighted by Gasteiger charge is 2.47. The first-order valence-corrected chi connectivity index (χ1v) is 12.0. The van der Waals surface area contributed by atoms with Gasteiger partial charge in [-0.1, -0.05) is 55.3 Å². The van der Waals surface area contributed by atoms with Crippen molar-refractivity contribution in [3.8, 4) is 11.5 Å². The fraction of sp³-hybridized carbons (Fsp3) is 0.241. The fourth-order valence-corrected chi connectivity index (χ4v) is 4.32. The molecule has 1 aliphatic rings. The van der Waals surface area contributed by atoms with Crippen LogP contribution in [0.15, 0.2) is 72.3 Å². The number of halogens is 1. The number of aliphatic hydroxyl groups is 1. The summed E-state index contributed by atoms with van der Waals surface area (Å²) < 4.78 is 11.2. The van der Waals surface area contributed by atoms with Crippen LogP contribution in [0.4, 0.5) is 5.69 Å². The Balaban J connectivity index is 1.92. The molecule has 1 saturated heterocycles. The third kappa shape index (κ3) is 4.95. The SMILES string of the molecule is COc1ccc(Cl)c(/C(O)=C2\C(=O)C(=O)N(c3ccc(C)cc3)C2c2cccc(OCC(C)C)c2)c1. The van der Waals surface area contributed by atoms with Crippen molar-refractivity contribution >= 4 is 34.7 Å². The van der Waals surface area contributed by atoms with E-state index in [2.05, 4.69) is 0 Å². The fourth-order valence-electron chi connectivity index (χ4n) is 4.11. The number of ether oxygens (including phenoxy) is 2. The van der Waals surface area contributed by atoms with Crippen LogP contribution in [0.5, 0.6) is 11.5 Å². The summed E-state index contributed by atoms with van der Waals surface area (Å²) in [5.41, 5.74) is 2.32. The summed E-state index contributed by atoms with van der Waals surface area (Å²) in [6.45, 7) is 6.55. The first kappa shape index (κ1) is 25.3. The van der Waals surface area contributed by atoms with Crippen LogP contribution in [0.2, 0.25) is 5.02 Å². The Morgan fingerprint density at radius 3 is 2.42 bits per heavy atom. The lowest BCUT2D eigenvalue weighted by Gasteiger charge is -2.26. The zero-order valence-electron chi connectivity index (χ0n) is 20.6. The van der Waals surface area contributed by atoms with Crippen molar-refractivity contribution in [2.75, 3.05) is 18.6 Å². The van der Waals surface area contributed by atoms with E-state index in [-0.39, 0.29) is 21.9 Å². The van der Waals surface area contributed by atoms with Crippen molar-refractivity contribution in [2.45, 2.75) is 26.8 Å². The second-order valence-electron chi connectivity index (χ2n) is 9.13. The normalized spacial score (nSPS) is 17.1. The van der Waals surface area contributed by atoms with Gasteiger partial charge in [0.1, 0.15) is 17.3 Å². The molecule has 0 aromatic heterocycles. The zero-order chi connectivity index (χ0) is 26.0. The zero-order valence-corrected chi connectivity index (χ0v) is 21.4. The minimum absolute atomic E-state index is 0.0586. The summed E-state index contributed by atoms with van der Waals surface area (Å²) >= 11 is 6.39. The Morgan fingerprint density at radius 1 is 1.03 bits per heavy atom. The number of nitrogens with zero attached hydrogens (tertiary/aromatic N) is 1. The number of carbonyl (C=O) groups is 2. The average molecular weight is 506 g/mol. The van der Waals surface area contributed by atoms with Crippen LogP contribution in [0.1, 0.15) is 36.6 Å². The van der Waals surface area contributed by atoms with Crippen molar-refractivity contribution in [2.24, 2.45) is 5.92 Å². The third-order valence-electron chi connectivity index (χ3n) is 5.94. The Morgan fingerprint density at radius 2 is 1.75 bits per heavy atom. The number of rotatable bonds is 7. The lowest BCUT2D eigenvalue weighted by atomic mass is 9.94. The molecule has 1 fully saturated rings. The van der Waals surface area contributed by atoms with Gasteiger partial charge in [0.05, 0.1) is 30.4 Å². The lowest BCUT2D eigenvalue weighted by molar-refractivity contribution is -0.132. The molecule has 7 heteroatoms. The quantitative estimate of drug-likeness (QED) is 0.231. The summed E-state index contributed by atoms with van der Waals surface area (Å²) in [5, 5.41) is 11.6. The molecule has 0 radical (unpaired) electrons. The number of anilines is 1. The van der Waals surface area contributed by atoms with Gasteiger partial charge in [0.25, 0.3) is 11.7 Å². The summed E-state index contributed by atoms with van der Waals surface area (Å²) in [7, 11) is 1.49. The second-order valence-corrected chi connectivity index (χ2v) is 9.53. The van der Waals surface area contributed by atoms with E-state index in [0.717, 1.165) is 5.56 Å². The van der Waals surface area contributed by atoms with Crippen LogP contribution in [-0.4, -0.2) is 30.5 Å². The smallest absolute Gasteiger partial charge is 0.300 e. The highest BCUT2D eigenvalue weighted by atomic mass is 35.5. The third-order valence-corrected chi connectivity index (χ3v) is 6.27. The van der Waals surface area contributed by atoms with Crippen LogP contribution in [0, 0.1) is 12.8 Å². The number of methoxy groups -OCH3 is 1. The lowest BCUT2D eigenvalue weighted by Crippen LogP contribution is -2.29. The number of ketones is 1. The van der Waals surface area contributed by atoms with E-state index >= 15 is 0 Å². The molecular weight excluding hydrogens is 478 g/mol. The van der Waals surface area contributed by atoms with Crippen LogP contribution in [-0.2, 0) is 9.59 Å². The van der Waals surface area contributed by atoms with Gasteiger partial charge in [0, 0.05) is 11.3 Å². The molecule has 1 atom stereocenters. The Kier molecular flexibility index (Phi) is 7.36. The average Bonchev–Trinajstić information content (AvgIpc) is 3.13. The molecule has 186 valence electrons. The van der Waals surface area contributed by atoms with E-state index in [1.54, 1.807) is 42.5 Å². The van der Waals surface area contributed by atoms with Crippen LogP contribution in [0.3, 0.4) is 0 Å². The largest absolute Gasteiger partial charge is 0.507 e. The molecule has 0 bridgehead atoms. The van der Waals surface area contributed by atoms with E-state index in [9.17, 15) is 14.7 Å². The molecular formula is C29H28ClNO5. The topological polar surface area (TPSA) is 76.1 Å². The first-order chi connectivity index (χ1) is 17.2. The number of aliphatic hydroxyl groups excluding tert-OH is 1. The molecule has 1 unspecified atom stereocenters. The highest BCUT2D eigenvalue weighted by molar-refractivity contribution is 6.52. The van der Waals surface area contributed by atoms with Crippen LogP contribution >= 0.6 is 11.6 Å². The summed E-state index contributed by atoms with van der Waals surface area (Å²) in [6, 6.07) is 18.4. The van der Waals surface area contributed by atoms with Crippen molar-refractivity contribution in [1.29, 1.82) is 0 Å². The van der Waals surface area contributed by atoms with Crippen molar-refractivity contribution in [1.82, 2.24) is 0 Å². The van der Waals surface area contributed by atoms with Crippen molar-refractivity contribution in [3.05, 3.63) is 94.0 Å². The second kappa shape index (κ2) is 10.5. The van der Waals surface area contributed by atoms with Crippen LogP contribution in [0.25, 0.3) is 5.76 Å². The van der Waals surface area contributed by atoms with E-state index in [4.69, 9.17) is 21.1 Å². The maximum Gasteiger partial charge on any atom is 0.300 e. The molecule has 3 aromatic carbocycles. The van der Waals surface area contributed by atoms with Gasteiger partial charge in [0.15, 0.2) is 0 Å². The van der Waals surface area contributed by atoms with Gasteiger partial charge < -0.3 is 14.6 Å². The summed E-state index contributed by atoms with van der Waals surface area (Å²) in [6.07, 6.45) is 0. The number of Topliss-reactive ketones (excluding diaryl/α,β-unsaturated/α-hetero) is 1. The molecule has 4 rings (SSSR count). The predicted octanol–water partition coefficient (Wildman–Crippen LogP) is 6.32. The molecule has 6 nitrogen and oxygen atoms in total. The molecule has 0 spiro atoms. The molecule has 3 aromatic rings. The maximum absolute atomic E-state index is 13.4. The predicted molar refractivity (Wildman–Crippen MR) is 141 cm³/mol. The maximum atomic E-state index is 13.4. The molecule has 1 aliphatic heterocycles. The van der Waals surface area contributed by atoms with Gasteiger partial charge in [-0.3, -0.25) is 14.5 Å². The standard InChI is InChI=1S/C29H28ClNO5/c1-17(2)16-36-22-7-5-6-19(14-22)26-25(27(32)23-15-21(35-4)12-13-24(23)30)28(33)29(34)31(26)20-10-8-18(3)9-11-20/h5-15,17,26,32H,16H2,1-4H3/b27-25+. The van der Waals surface area contributed by atoms with Crippen molar-refractivity contribution in [3.63, 3.8) is 0 Å². The molecule has 0 saturated carbocycles. The van der Waals surface area contributed by atoms with Gasteiger partial charge in [-0.25, -0.2) is 0 Å². The van der Waals surface area contributed by atoms with Crippen molar-refractivity contribution < 1.29 is 24.2 Å². The van der Waals surface area contributed by atoms with E-state index < -0.39 is 17.7 Å². The minimum Gasteiger partial charge on any atom is -0.507 e. The number of hydrogen-bond acceptors (Lipinski definition) is 5. The highest BCUT2D eigenvalue weighted by Crippen LogP contribution is 2.44. The monoisotopic (exact) mass is 505 g/mol. The summed E-state index contributed by atoms with van der Waals surface area (Å²) in [5.74, 6) is -0.528. The van der Waals surface area contributed by atoms with Gasteiger partial charge in [-0.2, -0.15) is 0 Å². The molecule has 1 heterocycles. The molecule has 1 N–H and O–H groups in total. The first-order valence-electron chi connectivity index (χ1n) is 11.7. The number of hydrogen-bond donors (Lipinski definition) is 1. The van der Waals surface area contributed by atoms with Gasteiger partial charge in [-0.05, 0) is 60.9 Å². The van der Waals surface area contributed by atoms with Crippen LogP contribution < -0.4 is 14.4 Å². The number of carbonyl (C=O) groups excluding carboxylic acids is 2. The molecule has 36 heavy (non-hydrogen) atoms. The number of amides is 1. The minimum atomic E-state index is -0.891. The number of benzene rings is 3. The van der Waals surface area contributed by atoms with Gasteiger partial charge in [-0.15, -0.1) is 0 Å². The van der Waals surface area contributed by atoms with E-state index in [1.165, 1.54) is 18.1 Å². The molecule has 1 amide bonds. The summed E-state index contributed by atoms with van der Waals surface area (Å²) in [4.78, 5) is 28.2. The number of aryl methyl sites for hydroxylation is 1. The van der Waals surface area contributed by atoms with E-state index in [1.807, 2.05) is 39.0 Å².